The maximum atomic E-state index is 5.50. The molecule has 92 valence electrons. The van der Waals surface area contributed by atoms with Crippen molar-refractivity contribution in [3.63, 3.8) is 0 Å². The molecule has 2 nitrogen and oxygen atoms in total. The second-order valence-corrected chi connectivity index (χ2v) is 5.27. The van der Waals surface area contributed by atoms with Crippen molar-refractivity contribution in [1.29, 1.82) is 0 Å². The Morgan fingerprint density at radius 2 is 2.31 bits per heavy atom. The summed E-state index contributed by atoms with van der Waals surface area (Å²) in [6.07, 6.45) is 8.64. The Kier molecular flexibility index (Phi) is 4.28. The molecule has 0 aromatic carbocycles. The zero-order valence-electron chi connectivity index (χ0n) is 10.7. The maximum Gasteiger partial charge on any atom is 0.0876 e. The first-order valence-electron chi connectivity index (χ1n) is 6.87. The number of rotatable bonds is 4. The SMILES string of the molecule is CCNC(C1=COCCC1)C1CCCC1C. The first kappa shape index (κ1) is 12.0. The van der Waals surface area contributed by atoms with Crippen LogP contribution in [0.2, 0.25) is 0 Å². The Labute approximate surface area is 99.4 Å². The topological polar surface area (TPSA) is 21.3 Å². The van der Waals surface area contributed by atoms with Crippen molar-refractivity contribution < 1.29 is 4.74 Å². The van der Waals surface area contributed by atoms with E-state index in [9.17, 15) is 0 Å². The van der Waals surface area contributed by atoms with Crippen LogP contribution < -0.4 is 5.32 Å². The molecule has 0 aromatic heterocycles. The number of hydrogen-bond acceptors (Lipinski definition) is 2. The van der Waals surface area contributed by atoms with Crippen molar-refractivity contribution in [2.24, 2.45) is 11.8 Å². The minimum atomic E-state index is 0.572. The van der Waals surface area contributed by atoms with Crippen molar-refractivity contribution in [2.75, 3.05) is 13.2 Å². The van der Waals surface area contributed by atoms with Gasteiger partial charge >= 0.3 is 0 Å². The Hall–Kier alpha value is -0.500. The molecule has 0 bridgehead atoms. The Morgan fingerprint density at radius 1 is 1.44 bits per heavy atom. The fourth-order valence-corrected chi connectivity index (χ4v) is 3.26. The van der Waals surface area contributed by atoms with Crippen LogP contribution in [0.5, 0.6) is 0 Å². The second kappa shape index (κ2) is 5.72. The summed E-state index contributed by atoms with van der Waals surface area (Å²) in [5.74, 6) is 1.69. The van der Waals surface area contributed by atoms with Crippen molar-refractivity contribution in [2.45, 2.75) is 52.0 Å². The van der Waals surface area contributed by atoms with Crippen LogP contribution in [-0.4, -0.2) is 19.2 Å². The van der Waals surface area contributed by atoms with Gasteiger partial charge in [-0.2, -0.15) is 0 Å². The monoisotopic (exact) mass is 223 g/mol. The van der Waals surface area contributed by atoms with Crippen LogP contribution in [0.4, 0.5) is 0 Å². The summed E-state index contributed by atoms with van der Waals surface area (Å²) in [5.41, 5.74) is 1.51. The van der Waals surface area contributed by atoms with Crippen molar-refractivity contribution in [3.05, 3.63) is 11.8 Å². The summed E-state index contributed by atoms with van der Waals surface area (Å²) in [4.78, 5) is 0. The molecule has 2 heteroatoms. The number of likely N-dealkylation sites (N-methyl/N-ethyl adjacent to an activating group) is 1. The van der Waals surface area contributed by atoms with E-state index in [-0.39, 0.29) is 0 Å². The molecule has 0 saturated heterocycles. The molecule has 3 atom stereocenters. The van der Waals surface area contributed by atoms with Gasteiger partial charge in [0.25, 0.3) is 0 Å². The fraction of sp³-hybridized carbons (Fsp3) is 0.857. The van der Waals surface area contributed by atoms with E-state index in [1.807, 2.05) is 6.26 Å². The molecule has 1 saturated carbocycles. The highest BCUT2D eigenvalue weighted by Crippen LogP contribution is 2.37. The molecule has 1 N–H and O–H groups in total. The molecular formula is C14H25NO. The molecule has 0 radical (unpaired) electrons. The van der Waals surface area contributed by atoms with E-state index in [1.165, 1.54) is 37.7 Å². The molecule has 3 unspecified atom stereocenters. The summed E-state index contributed by atoms with van der Waals surface area (Å²) in [6, 6.07) is 0.572. The standard InChI is InChI=1S/C14H25NO/c1-3-15-14(12-7-5-9-16-10-12)13-8-4-6-11(13)2/h10-11,13-15H,3-9H2,1-2H3. The Balaban J connectivity index is 2.06. The number of nitrogens with one attached hydrogen (secondary N) is 1. The Morgan fingerprint density at radius 3 is 2.88 bits per heavy atom. The summed E-state index contributed by atoms with van der Waals surface area (Å²) in [6.45, 7) is 6.58. The van der Waals surface area contributed by atoms with Crippen LogP contribution in [-0.2, 0) is 4.74 Å². The van der Waals surface area contributed by atoms with Crippen LogP contribution in [0.15, 0.2) is 11.8 Å². The van der Waals surface area contributed by atoms with Crippen LogP contribution in [0.3, 0.4) is 0 Å². The molecule has 1 fully saturated rings. The molecule has 0 spiro atoms. The van der Waals surface area contributed by atoms with E-state index in [0.717, 1.165) is 25.0 Å². The summed E-state index contributed by atoms with van der Waals surface area (Å²) in [5, 5.41) is 3.68. The van der Waals surface area contributed by atoms with E-state index in [1.54, 1.807) is 0 Å². The van der Waals surface area contributed by atoms with E-state index < -0.39 is 0 Å². The molecule has 2 aliphatic rings. The van der Waals surface area contributed by atoms with E-state index >= 15 is 0 Å². The van der Waals surface area contributed by atoms with Crippen molar-refractivity contribution in [1.82, 2.24) is 5.32 Å². The second-order valence-electron chi connectivity index (χ2n) is 5.27. The molecule has 1 heterocycles. The lowest BCUT2D eigenvalue weighted by Gasteiger charge is -2.31. The van der Waals surface area contributed by atoms with Crippen LogP contribution >= 0.6 is 0 Å². The number of ether oxygens (including phenoxy) is 1. The predicted molar refractivity (Wildman–Crippen MR) is 67.2 cm³/mol. The third-order valence-electron chi connectivity index (χ3n) is 4.14. The van der Waals surface area contributed by atoms with E-state index in [4.69, 9.17) is 4.74 Å². The van der Waals surface area contributed by atoms with Gasteiger partial charge in [0.2, 0.25) is 0 Å². The normalized spacial score (nSPS) is 32.0. The highest BCUT2D eigenvalue weighted by Gasteiger charge is 2.32. The van der Waals surface area contributed by atoms with Gasteiger partial charge in [-0.1, -0.05) is 26.7 Å². The molecule has 1 aliphatic heterocycles. The molecule has 1 aliphatic carbocycles. The average Bonchev–Trinajstić information content (AvgIpc) is 2.73. The summed E-state index contributed by atoms with van der Waals surface area (Å²) >= 11 is 0. The average molecular weight is 223 g/mol. The van der Waals surface area contributed by atoms with Gasteiger partial charge in [0, 0.05) is 6.04 Å². The lowest BCUT2D eigenvalue weighted by Crippen LogP contribution is -2.39. The van der Waals surface area contributed by atoms with Gasteiger partial charge in [-0.25, -0.2) is 0 Å². The fourth-order valence-electron chi connectivity index (χ4n) is 3.26. The summed E-state index contributed by atoms with van der Waals surface area (Å²) in [7, 11) is 0. The molecule has 2 rings (SSSR count). The van der Waals surface area contributed by atoms with Gasteiger partial charge in [-0.3, -0.25) is 0 Å². The zero-order chi connectivity index (χ0) is 11.4. The largest absolute Gasteiger partial charge is 0.501 e. The van der Waals surface area contributed by atoms with Gasteiger partial charge in [0.15, 0.2) is 0 Å². The minimum Gasteiger partial charge on any atom is -0.501 e. The highest BCUT2D eigenvalue weighted by atomic mass is 16.5. The first-order chi connectivity index (χ1) is 7.83. The Bertz CT molecular complexity index is 249. The van der Waals surface area contributed by atoms with Gasteiger partial charge in [0.05, 0.1) is 12.9 Å². The zero-order valence-corrected chi connectivity index (χ0v) is 10.7. The molecule has 0 aromatic rings. The number of hydrogen-bond donors (Lipinski definition) is 1. The van der Waals surface area contributed by atoms with Crippen LogP contribution in [0.25, 0.3) is 0 Å². The smallest absolute Gasteiger partial charge is 0.0876 e. The molecule has 0 amide bonds. The summed E-state index contributed by atoms with van der Waals surface area (Å²) < 4.78 is 5.50. The van der Waals surface area contributed by atoms with Crippen molar-refractivity contribution in [3.8, 4) is 0 Å². The maximum absolute atomic E-state index is 5.50. The highest BCUT2D eigenvalue weighted by molar-refractivity contribution is 5.13. The molecular weight excluding hydrogens is 198 g/mol. The van der Waals surface area contributed by atoms with Crippen LogP contribution in [0.1, 0.15) is 46.0 Å². The third kappa shape index (κ3) is 2.60. The van der Waals surface area contributed by atoms with Crippen LogP contribution in [0, 0.1) is 11.8 Å². The lowest BCUT2D eigenvalue weighted by atomic mass is 9.84. The van der Waals surface area contributed by atoms with Gasteiger partial charge < -0.3 is 10.1 Å². The quantitative estimate of drug-likeness (QED) is 0.790. The van der Waals surface area contributed by atoms with Crippen molar-refractivity contribution >= 4 is 0 Å². The minimum absolute atomic E-state index is 0.572. The van der Waals surface area contributed by atoms with E-state index in [2.05, 4.69) is 19.2 Å². The molecule has 16 heavy (non-hydrogen) atoms. The lowest BCUT2D eigenvalue weighted by molar-refractivity contribution is 0.210. The van der Waals surface area contributed by atoms with E-state index in [0.29, 0.717) is 6.04 Å². The van der Waals surface area contributed by atoms with Gasteiger partial charge in [-0.15, -0.1) is 0 Å². The third-order valence-corrected chi connectivity index (χ3v) is 4.14. The predicted octanol–water partition coefficient (Wildman–Crippen LogP) is 3.10. The first-order valence-corrected chi connectivity index (χ1v) is 6.87. The van der Waals surface area contributed by atoms with Gasteiger partial charge in [0.1, 0.15) is 0 Å². The van der Waals surface area contributed by atoms with Gasteiger partial charge in [-0.05, 0) is 43.2 Å².